The molecule has 4 rings (SSSR count). The zero-order valence-corrected chi connectivity index (χ0v) is 19.0. The highest BCUT2D eigenvalue weighted by Crippen LogP contribution is 2.21. The number of fused-ring (bicyclic) bond motifs is 1. The number of benzene rings is 1. The number of nitrogens with one attached hydrogen (secondary N) is 1. The van der Waals surface area contributed by atoms with E-state index >= 15 is 0 Å². The molecule has 0 saturated carbocycles. The number of anilines is 1. The first-order valence-electron chi connectivity index (χ1n) is 10.8. The molecular formula is C22H30N6O4. The molecule has 1 aromatic carbocycles. The van der Waals surface area contributed by atoms with E-state index in [0.717, 1.165) is 23.2 Å². The Kier molecular flexibility index (Phi) is 6.07. The molecule has 2 N–H and O–H groups in total. The van der Waals surface area contributed by atoms with E-state index in [1.807, 2.05) is 32.0 Å². The van der Waals surface area contributed by atoms with Crippen LogP contribution in [0.25, 0.3) is 11.2 Å². The molecule has 0 amide bonds. The topological polar surface area (TPSA) is 107 Å². The van der Waals surface area contributed by atoms with Gasteiger partial charge < -0.3 is 24.6 Å². The Hall–Kier alpha value is -3.11. The van der Waals surface area contributed by atoms with Gasteiger partial charge in [0.05, 0.1) is 6.54 Å². The van der Waals surface area contributed by atoms with Crippen LogP contribution >= 0.6 is 0 Å². The van der Waals surface area contributed by atoms with Gasteiger partial charge in [-0.3, -0.25) is 13.9 Å². The molecule has 0 spiro atoms. The van der Waals surface area contributed by atoms with Crippen LogP contribution in [0.1, 0.15) is 11.1 Å². The number of ether oxygens (including phenoxy) is 1. The van der Waals surface area contributed by atoms with Crippen LogP contribution in [-0.4, -0.2) is 62.7 Å². The number of aliphatic hydroxyl groups excluding tert-OH is 1. The SMILES string of the molecule is Cc1ccc(OCC(O)Cn2c(N3CCNCC3)nc3c2c(=O)n(C)c(=O)n3C)cc1C. The Bertz CT molecular complexity index is 1250. The number of imidazole rings is 1. The van der Waals surface area contributed by atoms with Crippen LogP contribution in [0.2, 0.25) is 0 Å². The van der Waals surface area contributed by atoms with Crippen molar-refractivity contribution in [3.05, 3.63) is 50.2 Å². The second-order valence-electron chi connectivity index (χ2n) is 8.35. The van der Waals surface area contributed by atoms with Crippen molar-refractivity contribution >= 4 is 17.1 Å². The Balaban J connectivity index is 1.68. The quantitative estimate of drug-likeness (QED) is 0.549. The summed E-state index contributed by atoms with van der Waals surface area (Å²) >= 11 is 0. The molecule has 0 bridgehead atoms. The minimum absolute atomic E-state index is 0.0647. The number of aliphatic hydroxyl groups is 1. The number of piperazine rings is 1. The van der Waals surface area contributed by atoms with Gasteiger partial charge in [-0.25, -0.2) is 4.79 Å². The molecule has 172 valence electrons. The van der Waals surface area contributed by atoms with E-state index in [9.17, 15) is 14.7 Å². The number of hydrogen-bond donors (Lipinski definition) is 2. The van der Waals surface area contributed by atoms with Crippen LogP contribution in [0.4, 0.5) is 5.95 Å². The van der Waals surface area contributed by atoms with Crippen LogP contribution < -0.4 is 26.2 Å². The second kappa shape index (κ2) is 8.79. The summed E-state index contributed by atoms with van der Waals surface area (Å²) in [5.74, 6) is 1.26. The zero-order valence-electron chi connectivity index (χ0n) is 19.0. The minimum Gasteiger partial charge on any atom is -0.491 e. The standard InChI is InChI=1S/C22H30N6O4/c1-14-5-6-17(11-15(14)2)32-13-16(29)12-28-18-19(25(3)22(31)26(4)20(18)30)24-21(28)27-9-7-23-8-10-27/h5-6,11,16,23,29H,7-10,12-13H2,1-4H3. The van der Waals surface area contributed by atoms with Gasteiger partial charge in [0.2, 0.25) is 5.95 Å². The molecule has 10 heteroatoms. The first-order chi connectivity index (χ1) is 15.3. The smallest absolute Gasteiger partial charge is 0.332 e. The number of aromatic nitrogens is 4. The Morgan fingerprint density at radius 2 is 1.84 bits per heavy atom. The lowest BCUT2D eigenvalue weighted by molar-refractivity contribution is 0.0935. The van der Waals surface area contributed by atoms with Gasteiger partial charge >= 0.3 is 5.69 Å². The predicted molar refractivity (Wildman–Crippen MR) is 123 cm³/mol. The first-order valence-corrected chi connectivity index (χ1v) is 10.8. The fourth-order valence-electron chi connectivity index (χ4n) is 3.97. The highest BCUT2D eigenvalue weighted by Gasteiger charge is 2.25. The monoisotopic (exact) mass is 442 g/mol. The molecule has 3 aromatic rings. The van der Waals surface area contributed by atoms with Gasteiger partial charge in [0.1, 0.15) is 18.5 Å². The Morgan fingerprint density at radius 1 is 1.12 bits per heavy atom. The Morgan fingerprint density at radius 3 is 2.53 bits per heavy atom. The van der Waals surface area contributed by atoms with Crippen molar-refractivity contribution < 1.29 is 9.84 Å². The van der Waals surface area contributed by atoms with Crippen LogP contribution in [0.5, 0.6) is 5.75 Å². The molecule has 1 aliphatic heterocycles. The summed E-state index contributed by atoms with van der Waals surface area (Å²) < 4.78 is 9.96. The van der Waals surface area contributed by atoms with E-state index in [2.05, 4.69) is 15.2 Å². The molecule has 32 heavy (non-hydrogen) atoms. The molecule has 3 heterocycles. The third kappa shape index (κ3) is 4.03. The lowest BCUT2D eigenvalue weighted by Gasteiger charge is -2.29. The van der Waals surface area contributed by atoms with Crippen LogP contribution in [-0.2, 0) is 20.6 Å². The fourth-order valence-corrected chi connectivity index (χ4v) is 3.97. The van der Waals surface area contributed by atoms with E-state index in [4.69, 9.17) is 4.74 Å². The van der Waals surface area contributed by atoms with Gasteiger partial charge in [-0.05, 0) is 37.1 Å². The van der Waals surface area contributed by atoms with Crippen LogP contribution in [0, 0.1) is 13.8 Å². The van der Waals surface area contributed by atoms with Crippen LogP contribution in [0.3, 0.4) is 0 Å². The lowest BCUT2D eigenvalue weighted by atomic mass is 10.1. The average Bonchev–Trinajstić information content (AvgIpc) is 3.17. The number of rotatable bonds is 6. The van der Waals surface area contributed by atoms with Crippen LogP contribution in [0.15, 0.2) is 27.8 Å². The molecule has 1 fully saturated rings. The summed E-state index contributed by atoms with van der Waals surface area (Å²) in [7, 11) is 3.05. The molecular weight excluding hydrogens is 412 g/mol. The Labute approximate surface area is 185 Å². The lowest BCUT2D eigenvalue weighted by Crippen LogP contribution is -2.45. The van der Waals surface area contributed by atoms with Gasteiger partial charge in [-0.15, -0.1) is 0 Å². The molecule has 2 aromatic heterocycles. The van der Waals surface area contributed by atoms with Gasteiger partial charge in [0.15, 0.2) is 11.2 Å². The third-order valence-corrected chi connectivity index (χ3v) is 6.04. The largest absolute Gasteiger partial charge is 0.491 e. The first kappa shape index (κ1) is 22.1. The van der Waals surface area contributed by atoms with E-state index < -0.39 is 17.4 Å². The maximum absolute atomic E-state index is 13.0. The number of hydrogen-bond acceptors (Lipinski definition) is 7. The highest BCUT2D eigenvalue weighted by atomic mass is 16.5. The minimum atomic E-state index is -0.877. The summed E-state index contributed by atoms with van der Waals surface area (Å²) in [5.41, 5.74) is 2.03. The summed E-state index contributed by atoms with van der Waals surface area (Å²) in [5, 5.41) is 14.1. The predicted octanol–water partition coefficient (Wildman–Crippen LogP) is -0.1000. The van der Waals surface area contributed by atoms with Crippen molar-refractivity contribution in [1.29, 1.82) is 0 Å². The van der Waals surface area contributed by atoms with E-state index in [1.165, 1.54) is 17.2 Å². The molecule has 1 unspecified atom stereocenters. The highest BCUT2D eigenvalue weighted by molar-refractivity contribution is 5.74. The second-order valence-corrected chi connectivity index (χ2v) is 8.35. The zero-order chi connectivity index (χ0) is 23.0. The van der Waals surface area contributed by atoms with Crippen molar-refractivity contribution in [3.63, 3.8) is 0 Å². The summed E-state index contributed by atoms with van der Waals surface area (Å²) in [4.78, 5) is 32.1. The molecule has 0 radical (unpaired) electrons. The molecule has 1 saturated heterocycles. The number of aryl methyl sites for hydroxylation is 3. The summed E-state index contributed by atoms with van der Waals surface area (Å²) in [6.07, 6.45) is -0.877. The van der Waals surface area contributed by atoms with E-state index in [-0.39, 0.29) is 13.2 Å². The van der Waals surface area contributed by atoms with Crippen molar-refractivity contribution in [1.82, 2.24) is 24.0 Å². The normalized spacial score (nSPS) is 15.3. The molecule has 1 aliphatic rings. The summed E-state index contributed by atoms with van der Waals surface area (Å²) in [6, 6.07) is 5.79. The summed E-state index contributed by atoms with van der Waals surface area (Å²) in [6.45, 7) is 7.24. The van der Waals surface area contributed by atoms with Crippen molar-refractivity contribution in [3.8, 4) is 5.75 Å². The molecule has 1 atom stereocenters. The molecule has 10 nitrogen and oxygen atoms in total. The van der Waals surface area contributed by atoms with Crippen molar-refractivity contribution in [2.24, 2.45) is 14.1 Å². The van der Waals surface area contributed by atoms with E-state index in [1.54, 1.807) is 11.6 Å². The van der Waals surface area contributed by atoms with Crippen molar-refractivity contribution in [2.45, 2.75) is 26.5 Å². The number of nitrogens with zero attached hydrogens (tertiary/aromatic N) is 5. The van der Waals surface area contributed by atoms with Gasteiger partial charge in [-0.1, -0.05) is 6.07 Å². The fraction of sp³-hybridized carbons (Fsp3) is 0.500. The van der Waals surface area contributed by atoms with Gasteiger partial charge in [0, 0.05) is 40.3 Å². The third-order valence-electron chi connectivity index (χ3n) is 6.04. The average molecular weight is 443 g/mol. The maximum atomic E-state index is 13.0. The maximum Gasteiger partial charge on any atom is 0.332 e. The van der Waals surface area contributed by atoms with Gasteiger partial charge in [0.25, 0.3) is 5.56 Å². The van der Waals surface area contributed by atoms with Gasteiger partial charge in [-0.2, -0.15) is 4.98 Å². The van der Waals surface area contributed by atoms with Crippen molar-refractivity contribution in [2.75, 3.05) is 37.7 Å². The molecule has 0 aliphatic carbocycles. The van der Waals surface area contributed by atoms with E-state index in [0.29, 0.717) is 36.0 Å².